The van der Waals surface area contributed by atoms with Gasteiger partial charge in [0.05, 0.1) is 11.1 Å². The minimum Gasteiger partial charge on any atom is -0.313 e. The van der Waals surface area contributed by atoms with Crippen LogP contribution < -0.4 is 0 Å². The van der Waals surface area contributed by atoms with Gasteiger partial charge in [0.25, 0.3) is 0 Å². The van der Waals surface area contributed by atoms with Crippen LogP contribution in [0.15, 0.2) is 46.9 Å². The van der Waals surface area contributed by atoms with Gasteiger partial charge in [-0.2, -0.15) is 10.1 Å². The fraction of sp³-hybridized carbons (Fsp3) is 0.500. The van der Waals surface area contributed by atoms with E-state index in [2.05, 4.69) is 75.6 Å². The van der Waals surface area contributed by atoms with E-state index in [0.717, 1.165) is 53.7 Å². The molecule has 3 aliphatic rings. The smallest absolute Gasteiger partial charge is 0.185 e. The Bertz CT molecular complexity index is 1480. The molecular formula is C34H44N2O3S2. The summed E-state index contributed by atoms with van der Waals surface area (Å²) in [4.78, 5) is 17.2. The molecule has 0 aromatic carbocycles. The SMILES string of the molecule is CC1(C)C=C(c2ccc(C=C3CCCC(=Cc4ccsc4C4=CC(C)(C)N(O)C(C)(C)C4)C3=O)s2)CC(C)(C)N1O. The number of hydrogen-bond acceptors (Lipinski definition) is 7. The molecule has 0 radical (unpaired) electrons. The Morgan fingerprint density at radius 1 is 0.780 bits per heavy atom. The third-order valence-electron chi connectivity index (χ3n) is 8.59. The molecule has 1 aliphatic carbocycles. The van der Waals surface area contributed by atoms with Gasteiger partial charge < -0.3 is 10.4 Å². The van der Waals surface area contributed by atoms with E-state index in [0.29, 0.717) is 0 Å². The first-order chi connectivity index (χ1) is 19.0. The van der Waals surface area contributed by atoms with Crippen LogP contribution in [0, 0.1) is 0 Å². The van der Waals surface area contributed by atoms with Gasteiger partial charge >= 0.3 is 0 Å². The summed E-state index contributed by atoms with van der Waals surface area (Å²) >= 11 is 3.43. The van der Waals surface area contributed by atoms with Crippen LogP contribution in [0.3, 0.4) is 0 Å². The van der Waals surface area contributed by atoms with Crippen LogP contribution in [-0.2, 0) is 4.79 Å². The van der Waals surface area contributed by atoms with Crippen molar-refractivity contribution in [2.24, 2.45) is 0 Å². The van der Waals surface area contributed by atoms with Crippen LogP contribution in [0.2, 0.25) is 0 Å². The highest BCUT2D eigenvalue weighted by molar-refractivity contribution is 7.14. The largest absolute Gasteiger partial charge is 0.313 e. The summed E-state index contributed by atoms with van der Waals surface area (Å²) < 4.78 is 0. The Kier molecular flexibility index (Phi) is 7.80. The number of thiophene rings is 2. The van der Waals surface area contributed by atoms with E-state index < -0.39 is 11.1 Å². The first-order valence-electron chi connectivity index (χ1n) is 14.6. The number of ketones is 1. The lowest BCUT2D eigenvalue weighted by molar-refractivity contribution is -0.211. The summed E-state index contributed by atoms with van der Waals surface area (Å²) in [7, 11) is 0. The highest BCUT2D eigenvalue weighted by Crippen LogP contribution is 2.44. The average molecular weight is 593 g/mol. The second-order valence-corrected chi connectivity index (χ2v) is 16.2. The molecular weight excluding hydrogens is 549 g/mol. The van der Waals surface area contributed by atoms with Crippen molar-refractivity contribution in [2.75, 3.05) is 0 Å². The van der Waals surface area contributed by atoms with Crippen LogP contribution in [0.25, 0.3) is 23.3 Å². The molecule has 4 heterocycles. The van der Waals surface area contributed by atoms with Crippen LogP contribution >= 0.6 is 22.7 Å². The lowest BCUT2D eigenvalue weighted by atomic mass is 9.81. The van der Waals surface area contributed by atoms with E-state index in [9.17, 15) is 15.2 Å². The molecule has 2 aromatic heterocycles. The normalized spacial score (nSPS) is 26.3. The number of rotatable bonds is 4. The third kappa shape index (κ3) is 5.90. The molecule has 2 N–H and O–H groups in total. The van der Waals surface area contributed by atoms with E-state index in [1.807, 2.05) is 27.7 Å². The van der Waals surface area contributed by atoms with Crippen molar-refractivity contribution >= 4 is 51.8 Å². The summed E-state index contributed by atoms with van der Waals surface area (Å²) in [5.74, 6) is 0.151. The summed E-state index contributed by atoms with van der Waals surface area (Å²) in [5, 5.41) is 26.4. The van der Waals surface area contributed by atoms with Crippen molar-refractivity contribution in [3.63, 3.8) is 0 Å². The van der Waals surface area contributed by atoms with E-state index in [1.165, 1.54) is 31.0 Å². The molecule has 7 heteroatoms. The Hall–Kier alpha value is -2.13. The molecule has 41 heavy (non-hydrogen) atoms. The average Bonchev–Trinajstić information content (AvgIpc) is 3.52. The third-order valence-corrected chi connectivity index (χ3v) is 10.7. The molecule has 0 saturated heterocycles. The number of carbonyl (C=O) groups excluding carboxylic acids is 1. The van der Waals surface area contributed by atoms with E-state index in [1.54, 1.807) is 22.7 Å². The lowest BCUT2D eigenvalue weighted by Gasteiger charge is -2.47. The van der Waals surface area contributed by atoms with Gasteiger partial charge in [-0.1, -0.05) is 12.2 Å². The van der Waals surface area contributed by atoms with Gasteiger partial charge in [-0.3, -0.25) is 4.79 Å². The summed E-state index contributed by atoms with van der Waals surface area (Å²) in [6.07, 6.45) is 12.6. The molecule has 5 nitrogen and oxygen atoms in total. The van der Waals surface area contributed by atoms with Crippen molar-refractivity contribution in [2.45, 2.75) is 110 Å². The lowest BCUT2D eigenvalue weighted by Crippen LogP contribution is -2.55. The van der Waals surface area contributed by atoms with Crippen LogP contribution in [0.5, 0.6) is 0 Å². The zero-order chi connectivity index (χ0) is 30.0. The first-order valence-corrected chi connectivity index (χ1v) is 16.3. The molecule has 2 aromatic rings. The quantitative estimate of drug-likeness (QED) is 0.347. The zero-order valence-corrected chi connectivity index (χ0v) is 27.3. The fourth-order valence-corrected chi connectivity index (χ4v) is 8.74. The van der Waals surface area contributed by atoms with Gasteiger partial charge in [-0.25, -0.2) is 0 Å². The Labute approximate surface area is 253 Å². The summed E-state index contributed by atoms with van der Waals surface area (Å²) in [6.45, 7) is 16.4. The maximum Gasteiger partial charge on any atom is 0.185 e. The standard InChI is InChI=1S/C34H44N2O3S2/c1-31(2)18-25(19-32(3,4)35(31)38)28-13-12-27(41-28)17-23-11-9-10-22(29(23)37)16-24-14-15-40-30(24)26-20-33(5,6)36(39)34(7,8)21-26/h12-18,20,38-39H,9-11,19,21H2,1-8H3. The van der Waals surface area contributed by atoms with E-state index in [-0.39, 0.29) is 16.9 Å². The Balaban J connectivity index is 1.40. The predicted octanol–water partition coefficient (Wildman–Crippen LogP) is 9.10. The first kappa shape index (κ1) is 30.3. The number of hydrogen-bond donors (Lipinski definition) is 2. The van der Waals surface area contributed by atoms with Gasteiger partial charge in [0.15, 0.2) is 5.78 Å². The van der Waals surface area contributed by atoms with Gasteiger partial charge in [-0.15, -0.1) is 22.7 Å². The Morgan fingerprint density at radius 3 is 1.95 bits per heavy atom. The molecule has 0 spiro atoms. The fourth-order valence-electron chi connectivity index (χ4n) is 6.86. The monoisotopic (exact) mass is 592 g/mol. The van der Waals surface area contributed by atoms with E-state index in [4.69, 9.17) is 0 Å². The van der Waals surface area contributed by atoms with E-state index >= 15 is 0 Å². The molecule has 0 bridgehead atoms. The summed E-state index contributed by atoms with van der Waals surface area (Å²) in [5.41, 5.74) is 3.66. The number of nitrogens with zero attached hydrogens (tertiary/aromatic N) is 2. The van der Waals surface area contributed by atoms with Crippen molar-refractivity contribution in [1.82, 2.24) is 10.1 Å². The maximum absolute atomic E-state index is 13.7. The molecule has 0 amide bonds. The van der Waals surface area contributed by atoms with Crippen molar-refractivity contribution in [3.05, 3.63) is 67.1 Å². The van der Waals surface area contributed by atoms with Crippen molar-refractivity contribution < 1.29 is 15.2 Å². The number of carbonyl (C=O) groups is 1. The zero-order valence-electron chi connectivity index (χ0n) is 25.7. The highest BCUT2D eigenvalue weighted by atomic mass is 32.1. The predicted molar refractivity (Wildman–Crippen MR) is 172 cm³/mol. The molecule has 1 saturated carbocycles. The molecule has 0 atom stereocenters. The highest BCUT2D eigenvalue weighted by Gasteiger charge is 2.42. The van der Waals surface area contributed by atoms with Gasteiger partial charge in [0, 0.05) is 36.9 Å². The minimum atomic E-state index is -0.474. The Morgan fingerprint density at radius 2 is 1.34 bits per heavy atom. The summed E-state index contributed by atoms with van der Waals surface area (Å²) in [6, 6.07) is 6.38. The second-order valence-electron chi connectivity index (χ2n) is 14.2. The van der Waals surface area contributed by atoms with Crippen LogP contribution in [0.1, 0.15) is 108 Å². The van der Waals surface area contributed by atoms with Crippen molar-refractivity contribution in [1.29, 1.82) is 0 Å². The molecule has 2 aliphatic heterocycles. The number of hydroxylamine groups is 4. The number of Topliss-reactive ketones (excluding diaryl/α,β-unsaturated/α-hetero) is 1. The van der Waals surface area contributed by atoms with Crippen LogP contribution in [-0.4, -0.2) is 48.5 Å². The van der Waals surface area contributed by atoms with Crippen LogP contribution in [0.4, 0.5) is 0 Å². The molecule has 0 unspecified atom stereocenters. The number of allylic oxidation sites excluding steroid dienone is 2. The molecule has 1 fully saturated rings. The van der Waals surface area contributed by atoms with Crippen molar-refractivity contribution in [3.8, 4) is 0 Å². The van der Waals surface area contributed by atoms with Gasteiger partial charge in [-0.05, 0) is 140 Å². The van der Waals surface area contributed by atoms with Gasteiger partial charge in [0.2, 0.25) is 0 Å². The maximum atomic E-state index is 13.7. The minimum absolute atomic E-state index is 0.151. The topological polar surface area (TPSA) is 64.0 Å². The molecule has 5 rings (SSSR count). The molecule has 220 valence electrons. The second kappa shape index (κ2) is 10.5. The van der Waals surface area contributed by atoms with Gasteiger partial charge in [0.1, 0.15) is 0 Å².